The summed E-state index contributed by atoms with van der Waals surface area (Å²) in [5.41, 5.74) is 2.27. The zero-order chi connectivity index (χ0) is 35.7. The first kappa shape index (κ1) is 35.7. The fraction of sp³-hybridized carbons (Fsp3) is 0.471. The molecule has 2 N–H and O–H groups in total. The lowest BCUT2D eigenvalue weighted by Gasteiger charge is -2.31. The van der Waals surface area contributed by atoms with Crippen molar-refractivity contribution in [3.05, 3.63) is 70.1 Å². The number of carbonyl (C=O) groups excluding carboxylic acids is 1. The van der Waals surface area contributed by atoms with Crippen LogP contribution in [-0.2, 0) is 16.0 Å². The van der Waals surface area contributed by atoms with Gasteiger partial charge in [0.05, 0.1) is 36.4 Å². The van der Waals surface area contributed by atoms with Gasteiger partial charge in [-0.2, -0.15) is 26.3 Å². The fourth-order valence-corrected chi connectivity index (χ4v) is 6.34. The molecule has 0 spiro atoms. The second-order valence-electron chi connectivity index (χ2n) is 12.4. The first-order valence-corrected chi connectivity index (χ1v) is 15.8. The predicted octanol–water partition coefficient (Wildman–Crippen LogP) is 7.36. The number of anilines is 1. The molecule has 1 amide bonds. The number of cyclic esters (lactones) is 1. The van der Waals surface area contributed by atoms with Crippen molar-refractivity contribution < 1.29 is 50.5 Å². The highest BCUT2D eigenvalue weighted by atomic mass is 19.4. The van der Waals surface area contributed by atoms with Crippen LogP contribution in [0.15, 0.2) is 53.3 Å². The molecule has 6 rings (SSSR count). The molecule has 4 aliphatic rings. The third kappa shape index (κ3) is 8.19. The van der Waals surface area contributed by atoms with Gasteiger partial charge in [0, 0.05) is 30.4 Å². The molecule has 3 atom stereocenters. The van der Waals surface area contributed by atoms with Crippen molar-refractivity contribution in [2.45, 2.75) is 82.8 Å². The Balaban J connectivity index is 0.000000196. The molecular weight excluding hydrogens is 658 g/mol. The summed E-state index contributed by atoms with van der Waals surface area (Å²) in [6, 6.07) is 3.55. The Morgan fingerprint density at radius 3 is 2.35 bits per heavy atom. The van der Waals surface area contributed by atoms with Gasteiger partial charge in [-0.15, -0.1) is 0 Å². The second kappa shape index (κ2) is 14.1. The minimum absolute atomic E-state index is 0.0475. The zero-order valence-corrected chi connectivity index (χ0v) is 27.0. The first-order chi connectivity index (χ1) is 23.0. The first-order valence-electron chi connectivity index (χ1n) is 15.8. The minimum atomic E-state index is -4.95. The number of carboxylic acid groups (broad SMARTS) is 1. The van der Waals surface area contributed by atoms with Crippen LogP contribution < -0.4 is 15.0 Å². The van der Waals surface area contributed by atoms with Crippen LogP contribution in [0.25, 0.3) is 11.1 Å². The normalized spacial score (nSPS) is 22.1. The standard InChI is InChI=1S/C21H25N3O3.C13H11F6NO2/c1-13-18(12-22-21(23-13)24-7-4-8-24)17-11-16-14(9-19(17)27-2)5-3-6-15(16)10-20(25)26;1-6-10(22-11(21)20-6)7-2-3-8(12(14,15)16)5-9(4-7)13(17,18)19/h9,11-12,15H,3-8,10H2,1-2H3,(H,25,26);3-6,10H,2H2,1H3,(H,20,21). The largest absolute Gasteiger partial charge is 0.496 e. The van der Waals surface area contributed by atoms with Crippen LogP contribution in [0.2, 0.25) is 0 Å². The number of hydrogen-bond acceptors (Lipinski definition) is 7. The van der Waals surface area contributed by atoms with E-state index in [9.17, 15) is 41.0 Å². The Morgan fingerprint density at radius 1 is 1.08 bits per heavy atom. The summed E-state index contributed by atoms with van der Waals surface area (Å²) in [6.07, 6.45) is -4.65. The van der Waals surface area contributed by atoms with E-state index >= 15 is 0 Å². The molecule has 2 aliphatic heterocycles. The minimum Gasteiger partial charge on any atom is -0.496 e. The Bertz CT molecular complexity index is 1700. The van der Waals surface area contributed by atoms with Gasteiger partial charge in [-0.25, -0.2) is 14.8 Å². The number of alkyl halides is 6. The van der Waals surface area contributed by atoms with Gasteiger partial charge in [0.1, 0.15) is 11.9 Å². The van der Waals surface area contributed by atoms with Crippen molar-refractivity contribution in [3.8, 4) is 16.9 Å². The highest BCUT2D eigenvalue weighted by molar-refractivity contribution is 5.75. The number of methoxy groups -OCH3 is 1. The average Bonchev–Trinajstić information content (AvgIpc) is 3.17. The van der Waals surface area contributed by atoms with Crippen LogP contribution in [-0.4, -0.2) is 71.8 Å². The quantitative estimate of drug-likeness (QED) is 0.302. The number of aliphatic carboxylic acids is 1. The van der Waals surface area contributed by atoms with Crippen LogP contribution in [0.5, 0.6) is 5.75 Å². The number of nitrogens with one attached hydrogen (secondary N) is 1. The molecule has 49 heavy (non-hydrogen) atoms. The van der Waals surface area contributed by atoms with Crippen molar-refractivity contribution >= 4 is 18.0 Å². The number of alkyl carbamates (subject to hydrolysis) is 1. The zero-order valence-electron chi connectivity index (χ0n) is 27.0. The van der Waals surface area contributed by atoms with Crippen LogP contribution in [0.3, 0.4) is 0 Å². The molecule has 1 aromatic carbocycles. The van der Waals surface area contributed by atoms with E-state index in [0.717, 1.165) is 66.4 Å². The molecule has 0 radical (unpaired) electrons. The van der Waals surface area contributed by atoms with Gasteiger partial charge in [-0.05, 0) is 92.9 Å². The van der Waals surface area contributed by atoms with Crippen molar-refractivity contribution in [1.82, 2.24) is 15.3 Å². The highest BCUT2D eigenvalue weighted by Gasteiger charge is 2.41. The Kier molecular flexibility index (Phi) is 10.3. The van der Waals surface area contributed by atoms with E-state index in [0.29, 0.717) is 12.2 Å². The van der Waals surface area contributed by atoms with E-state index in [4.69, 9.17) is 14.5 Å². The van der Waals surface area contributed by atoms with Gasteiger partial charge in [-0.3, -0.25) is 4.79 Å². The number of benzene rings is 1. The molecular formula is C34H36F6N4O5. The van der Waals surface area contributed by atoms with E-state index in [1.165, 1.54) is 18.9 Å². The number of carboxylic acids is 1. The predicted molar refractivity (Wildman–Crippen MR) is 167 cm³/mol. The monoisotopic (exact) mass is 694 g/mol. The summed E-state index contributed by atoms with van der Waals surface area (Å²) >= 11 is 0. The van der Waals surface area contributed by atoms with Gasteiger partial charge in [0.2, 0.25) is 5.95 Å². The van der Waals surface area contributed by atoms with Crippen LogP contribution >= 0.6 is 0 Å². The van der Waals surface area contributed by atoms with E-state index in [1.54, 1.807) is 7.11 Å². The van der Waals surface area contributed by atoms with Crippen molar-refractivity contribution in [2.75, 3.05) is 25.1 Å². The molecule has 2 aliphatic carbocycles. The van der Waals surface area contributed by atoms with Gasteiger partial charge in [-0.1, -0.05) is 6.08 Å². The second-order valence-corrected chi connectivity index (χ2v) is 12.4. The number of nitrogens with zero attached hydrogens (tertiary/aromatic N) is 3. The van der Waals surface area contributed by atoms with E-state index in [2.05, 4.69) is 27.3 Å². The number of halogens is 6. The molecule has 0 saturated carbocycles. The third-order valence-corrected chi connectivity index (χ3v) is 8.98. The van der Waals surface area contributed by atoms with Gasteiger partial charge >= 0.3 is 24.4 Å². The fourth-order valence-electron chi connectivity index (χ4n) is 6.34. The number of fused-ring (bicyclic) bond motifs is 1. The molecule has 2 aromatic rings. The lowest BCUT2D eigenvalue weighted by molar-refractivity contribution is -0.137. The van der Waals surface area contributed by atoms with E-state index in [-0.39, 0.29) is 24.0 Å². The third-order valence-electron chi connectivity index (χ3n) is 8.98. The Hall–Kier alpha value is -4.56. The molecule has 3 heterocycles. The number of rotatable bonds is 6. The summed E-state index contributed by atoms with van der Waals surface area (Å²) in [6.45, 7) is 5.51. The molecule has 1 aromatic heterocycles. The summed E-state index contributed by atoms with van der Waals surface area (Å²) in [4.78, 5) is 33.8. The lowest BCUT2D eigenvalue weighted by Crippen LogP contribution is -2.38. The lowest BCUT2D eigenvalue weighted by atomic mass is 9.79. The summed E-state index contributed by atoms with van der Waals surface area (Å²) in [7, 11) is 1.67. The average molecular weight is 695 g/mol. The maximum absolute atomic E-state index is 12.9. The maximum Gasteiger partial charge on any atom is 0.416 e. The van der Waals surface area contributed by atoms with E-state index in [1.807, 2.05) is 13.1 Å². The number of carbonyl (C=O) groups is 2. The number of amides is 1. The van der Waals surface area contributed by atoms with Crippen LogP contribution in [0.1, 0.15) is 61.8 Å². The van der Waals surface area contributed by atoms with Crippen molar-refractivity contribution in [3.63, 3.8) is 0 Å². The smallest absolute Gasteiger partial charge is 0.416 e. The van der Waals surface area contributed by atoms with E-state index < -0.39 is 54.1 Å². The Morgan fingerprint density at radius 2 is 1.80 bits per heavy atom. The number of hydrogen-bond donors (Lipinski definition) is 2. The number of allylic oxidation sites excluding steroid dienone is 5. The topological polar surface area (TPSA) is 114 Å². The van der Waals surface area contributed by atoms with Crippen molar-refractivity contribution in [2.24, 2.45) is 0 Å². The maximum atomic E-state index is 12.9. The number of aromatic nitrogens is 2. The Labute approximate surface area is 278 Å². The summed E-state index contributed by atoms with van der Waals surface area (Å²) in [5.74, 6) is 0.887. The van der Waals surface area contributed by atoms with Crippen LogP contribution in [0, 0.1) is 6.92 Å². The molecule has 3 unspecified atom stereocenters. The van der Waals surface area contributed by atoms with Gasteiger partial charge < -0.3 is 24.8 Å². The molecule has 9 nitrogen and oxygen atoms in total. The van der Waals surface area contributed by atoms with Crippen LogP contribution in [0.4, 0.5) is 37.1 Å². The van der Waals surface area contributed by atoms with Crippen molar-refractivity contribution in [1.29, 1.82) is 0 Å². The molecule has 2 saturated heterocycles. The molecule has 0 bridgehead atoms. The number of aryl methyl sites for hydroxylation is 2. The van der Waals surface area contributed by atoms with Gasteiger partial charge in [0.15, 0.2) is 0 Å². The molecule has 15 heteroatoms. The molecule has 264 valence electrons. The number of ether oxygens (including phenoxy) is 2. The summed E-state index contributed by atoms with van der Waals surface area (Å²) < 4.78 is 87.3. The summed E-state index contributed by atoms with van der Waals surface area (Å²) in [5, 5.41) is 11.6. The highest BCUT2D eigenvalue weighted by Crippen LogP contribution is 2.42. The van der Waals surface area contributed by atoms with Gasteiger partial charge in [0.25, 0.3) is 0 Å². The molecule has 2 fully saturated rings. The SMILES string of the molecule is CC1NC(=O)OC1C1=CC(C(F)(F)F)=CC(C(F)(F)F)=CC1.COc1cc2c(cc1-c1cnc(N3CCC3)nc1C)C(CC(=O)O)CCC2.